The van der Waals surface area contributed by atoms with Crippen molar-refractivity contribution in [3.8, 4) is 0 Å². The predicted octanol–water partition coefficient (Wildman–Crippen LogP) is -0.178. The van der Waals surface area contributed by atoms with Gasteiger partial charge in [0.05, 0.1) is 6.20 Å². The van der Waals surface area contributed by atoms with Crippen LogP contribution in [0, 0.1) is 0 Å². The number of rotatable bonds is 3. The molecule has 7 heteroatoms. The van der Waals surface area contributed by atoms with Crippen LogP contribution in [0.5, 0.6) is 0 Å². The quantitative estimate of drug-likeness (QED) is 0.692. The summed E-state index contributed by atoms with van der Waals surface area (Å²) in [5.41, 5.74) is 1.31. The largest absolute Gasteiger partial charge is 0.396 e. The highest BCUT2D eigenvalue weighted by molar-refractivity contribution is 5.74. The molecule has 0 atom stereocenters. The Hall–Kier alpha value is -2.28. The maximum absolute atomic E-state index is 12.1. The van der Waals surface area contributed by atoms with E-state index in [1.165, 1.54) is 4.57 Å². The van der Waals surface area contributed by atoms with Gasteiger partial charge >= 0.3 is 0 Å². The van der Waals surface area contributed by atoms with E-state index in [-0.39, 0.29) is 17.7 Å². The van der Waals surface area contributed by atoms with Crippen molar-refractivity contribution < 1.29 is 5.11 Å². The first kappa shape index (κ1) is 10.8. The maximum Gasteiger partial charge on any atom is 0.280 e. The lowest BCUT2D eigenvalue weighted by Gasteiger charge is -2.05. The zero-order valence-electron chi connectivity index (χ0n) is 9.52. The summed E-state index contributed by atoms with van der Waals surface area (Å²) in [7, 11) is 0. The fourth-order valence-corrected chi connectivity index (χ4v) is 1.89. The van der Waals surface area contributed by atoms with Crippen LogP contribution in [0.4, 0.5) is 0 Å². The topological polar surface area (TPSA) is 85.3 Å². The van der Waals surface area contributed by atoms with Crippen molar-refractivity contribution in [2.24, 2.45) is 0 Å². The molecule has 3 aromatic rings. The van der Waals surface area contributed by atoms with Crippen LogP contribution in [-0.2, 0) is 6.54 Å². The van der Waals surface area contributed by atoms with Gasteiger partial charge in [0.1, 0.15) is 5.52 Å². The van der Waals surface area contributed by atoms with Crippen molar-refractivity contribution in [3.63, 3.8) is 0 Å². The number of aliphatic hydroxyl groups excluding tert-OH is 1. The molecule has 0 fully saturated rings. The van der Waals surface area contributed by atoms with Gasteiger partial charge in [0.25, 0.3) is 5.56 Å². The van der Waals surface area contributed by atoms with Gasteiger partial charge in [-0.05, 0) is 12.5 Å². The summed E-state index contributed by atoms with van der Waals surface area (Å²) in [6.45, 7) is 0.512. The summed E-state index contributed by atoms with van der Waals surface area (Å²) in [6.07, 6.45) is 3.83. The van der Waals surface area contributed by atoms with Crippen molar-refractivity contribution >= 4 is 16.7 Å². The molecule has 0 spiro atoms. The summed E-state index contributed by atoms with van der Waals surface area (Å²) in [5, 5.41) is 20.8. The third-order valence-electron chi connectivity index (χ3n) is 2.78. The lowest BCUT2D eigenvalue weighted by Crippen LogP contribution is -2.22. The highest BCUT2D eigenvalue weighted by Crippen LogP contribution is 2.07. The van der Waals surface area contributed by atoms with E-state index < -0.39 is 0 Å². The number of nitrogens with zero attached hydrogens (tertiary/aromatic N) is 5. The Bertz CT molecular complexity index is 761. The van der Waals surface area contributed by atoms with Crippen LogP contribution in [0.2, 0.25) is 0 Å². The van der Waals surface area contributed by atoms with Gasteiger partial charge in [0.2, 0.25) is 0 Å². The van der Waals surface area contributed by atoms with Gasteiger partial charge in [-0.25, -0.2) is 4.52 Å². The molecule has 0 saturated carbocycles. The molecule has 92 valence electrons. The predicted molar refractivity (Wildman–Crippen MR) is 64.3 cm³/mol. The van der Waals surface area contributed by atoms with Crippen molar-refractivity contribution in [1.82, 2.24) is 24.4 Å². The van der Waals surface area contributed by atoms with E-state index in [4.69, 9.17) is 5.11 Å². The van der Waals surface area contributed by atoms with Gasteiger partial charge in [-0.1, -0.05) is 0 Å². The Morgan fingerprint density at radius 2 is 2.17 bits per heavy atom. The average molecular weight is 245 g/mol. The molecule has 0 aliphatic heterocycles. The van der Waals surface area contributed by atoms with Crippen LogP contribution >= 0.6 is 0 Å². The van der Waals surface area contributed by atoms with E-state index in [1.807, 2.05) is 0 Å². The number of fused-ring (bicyclic) bond motifs is 3. The minimum absolute atomic E-state index is 0.0499. The Balaban J connectivity index is 2.25. The third-order valence-corrected chi connectivity index (χ3v) is 2.78. The molecule has 0 amide bonds. The second kappa shape index (κ2) is 4.19. The molecule has 0 radical (unpaired) electrons. The highest BCUT2D eigenvalue weighted by Gasteiger charge is 2.08. The fraction of sp³-hybridized carbons (Fsp3) is 0.273. The molecule has 3 aromatic heterocycles. The molecule has 0 aliphatic rings. The zero-order chi connectivity index (χ0) is 12.5. The molecular formula is C11H11N5O2. The minimum atomic E-state index is -0.217. The van der Waals surface area contributed by atoms with Crippen molar-refractivity contribution in [3.05, 3.63) is 34.9 Å². The number of hydrogen-bond donors (Lipinski definition) is 1. The number of aromatic nitrogens is 5. The summed E-state index contributed by atoms with van der Waals surface area (Å²) in [5.74, 6) is 0. The molecular weight excluding hydrogens is 234 g/mol. The summed E-state index contributed by atoms with van der Waals surface area (Å²) >= 11 is 0. The number of aliphatic hydroxyl groups is 1. The molecule has 3 rings (SSSR count). The van der Waals surface area contributed by atoms with Crippen molar-refractivity contribution in [2.45, 2.75) is 13.0 Å². The van der Waals surface area contributed by atoms with Crippen LogP contribution in [0.1, 0.15) is 6.42 Å². The van der Waals surface area contributed by atoms with Gasteiger partial charge in [0.15, 0.2) is 11.2 Å². The number of aryl methyl sites for hydroxylation is 1. The standard InChI is InChI=1S/C11H11N5O2/c17-7-1-5-15-6-3-8-10(11(15)18)14-13-9-2-4-12-16(8)9/h2-4,6,17H,1,5,7H2. The van der Waals surface area contributed by atoms with Crippen LogP contribution in [0.3, 0.4) is 0 Å². The van der Waals surface area contributed by atoms with E-state index in [1.54, 1.807) is 29.0 Å². The third kappa shape index (κ3) is 1.56. The van der Waals surface area contributed by atoms with Gasteiger partial charge < -0.3 is 9.67 Å². The zero-order valence-corrected chi connectivity index (χ0v) is 9.52. The van der Waals surface area contributed by atoms with E-state index in [0.29, 0.717) is 24.1 Å². The fourth-order valence-electron chi connectivity index (χ4n) is 1.89. The van der Waals surface area contributed by atoms with E-state index >= 15 is 0 Å². The van der Waals surface area contributed by atoms with Gasteiger partial charge in [0, 0.05) is 25.4 Å². The average Bonchev–Trinajstić information content (AvgIpc) is 2.86. The first-order valence-electron chi connectivity index (χ1n) is 5.62. The second-order valence-corrected chi connectivity index (χ2v) is 3.93. The molecule has 1 N–H and O–H groups in total. The monoisotopic (exact) mass is 245 g/mol. The highest BCUT2D eigenvalue weighted by atomic mass is 16.3. The first-order chi connectivity index (χ1) is 8.81. The minimum Gasteiger partial charge on any atom is -0.396 e. The second-order valence-electron chi connectivity index (χ2n) is 3.93. The molecule has 18 heavy (non-hydrogen) atoms. The molecule has 0 bridgehead atoms. The van der Waals surface area contributed by atoms with E-state index in [2.05, 4.69) is 15.3 Å². The Kier molecular flexibility index (Phi) is 2.52. The van der Waals surface area contributed by atoms with E-state index in [9.17, 15) is 4.79 Å². The Labute approximate surface area is 101 Å². The summed E-state index contributed by atoms with van der Waals surface area (Å²) in [4.78, 5) is 12.1. The Morgan fingerprint density at radius 1 is 1.28 bits per heavy atom. The van der Waals surface area contributed by atoms with Crippen molar-refractivity contribution in [1.29, 1.82) is 0 Å². The maximum atomic E-state index is 12.1. The smallest absolute Gasteiger partial charge is 0.280 e. The molecule has 0 aliphatic carbocycles. The van der Waals surface area contributed by atoms with Crippen molar-refractivity contribution in [2.75, 3.05) is 6.61 Å². The molecule has 0 saturated heterocycles. The van der Waals surface area contributed by atoms with Gasteiger partial charge in [-0.2, -0.15) is 5.10 Å². The van der Waals surface area contributed by atoms with Crippen LogP contribution in [-0.4, -0.2) is 36.1 Å². The van der Waals surface area contributed by atoms with Gasteiger partial charge in [-0.15, -0.1) is 10.2 Å². The van der Waals surface area contributed by atoms with E-state index in [0.717, 1.165) is 0 Å². The molecule has 3 heterocycles. The molecule has 7 nitrogen and oxygen atoms in total. The summed E-state index contributed by atoms with van der Waals surface area (Å²) < 4.78 is 3.10. The van der Waals surface area contributed by atoms with Crippen LogP contribution in [0.15, 0.2) is 29.3 Å². The molecule has 0 unspecified atom stereocenters. The lowest BCUT2D eigenvalue weighted by atomic mass is 10.3. The lowest BCUT2D eigenvalue weighted by molar-refractivity contribution is 0.279. The van der Waals surface area contributed by atoms with Crippen LogP contribution < -0.4 is 5.56 Å². The molecule has 0 aromatic carbocycles. The first-order valence-corrected chi connectivity index (χ1v) is 5.62. The van der Waals surface area contributed by atoms with Crippen LogP contribution in [0.25, 0.3) is 16.7 Å². The Morgan fingerprint density at radius 3 is 3.00 bits per heavy atom. The SMILES string of the molecule is O=c1c2nnc3ccnn3c2ccn1CCCO. The number of hydrogen-bond acceptors (Lipinski definition) is 5. The van der Waals surface area contributed by atoms with Gasteiger partial charge in [-0.3, -0.25) is 4.79 Å². The number of pyridine rings is 1. The normalized spacial score (nSPS) is 11.4. The summed E-state index contributed by atoms with van der Waals surface area (Å²) in [6, 6.07) is 3.51.